The molecule has 1 amide bonds. The lowest BCUT2D eigenvalue weighted by atomic mass is 9.97. The molecule has 0 aliphatic carbocycles. The summed E-state index contributed by atoms with van der Waals surface area (Å²) < 4.78 is 40.5. The van der Waals surface area contributed by atoms with Crippen molar-refractivity contribution < 1.29 is 22.7 Å². The smallest absolute Gasteiger partial charge is 0.241 e. The fourth-order valence-corrected chi connectivity index (χ4v) is 5.30. The van der Waals surface area contributed by atoms with E-state index >= 15 is 0 Å². The highest BCUT2D eigenvalue weighted by Gasteiger charge is 2.26. The number of anilines is 1. The van der Waals surface area contributed by atoms with Gasteiger partial charge in [-0.2, -0.15) is 0 Å². The number of carbonyl (C=O) groups excluding carboxylic acids is 1. The van der Waals surface area contributed by atoms with Gasteiger partial charge in [-0.3, -0.25) is 4.79 Å². The summed E-state index contributed by atoms with van der Waals surface area (Å²) in [5.41, 5.74) is 1.55. The van der Waals surface area contributed by atoms with Gasteiger partial charge < -0.3 is 14.4 Å². The summed E-state index contributed by atoms with van der Waals surface area (Å²) in [6.45, 7) is 5.78. The van der Waals surface area contributed by atoms with Crippen molar-refractivity contribution in [2.24, 2.45) is 5.92 Å². The molecular weight excluding hydrogens is 416 g/mol. The molecule has 31 heavy (non-hydrogen) atoms. The normalized spacial score (nSPS) is 17.6. The molecule has 0 unspecified atom stereocenters. The summed E-state index contributed by atoms with van der Waals surface area (Å²) >= 11 is 0. The van der Waals surface area contributed by atoms with Crippen LogP contribution in [0, 0.1) is 5.92 Å². The molecule has 0 spiro atoms. The number of rotatable bonds is 6. The molecule has 2 aliphatic heterocycles. The lowest BCUT2D eigenvalue weighted by molar-refractivity contribution is -0.117. The number of carbonyl (C=O) groups is 1. The molecule has 2 heterocycles. The van der Waals surface area contributed by atoms with E-state index in [4.69, 9.17) is 9.47 Å². The van der Waals surface area contributed by atoms with E-state index in [0.717, 1.165) is 24.1 Å². The first-order valence-corrected chi connectivity index (χ1v) is 12.2. The molecule has 0 aromatic heterocycles. The molecule has 0 radical (unpaired) electrons. The Morgan fingerprint density at radius 2 is 1.68 bits per heavy atom. The van der Waals surface area contributed by atoms with Gasteiger partial charge in [-0.1, -0.05) is 19.9 Å². The molecule has 4 rings (SSSR count). The SMILES string of the molecule is CC(C)[C@H](NS(=O)(=O)c1ccc(N2CCCC2=O)cc1)c1ccc2c(c1)OCCCO2. The van der Waals surface area contributed by atoms with Crippen molar-refractivity contribution in [1.82, 2.24) is 4.72 Å². The number of hydrogen-bond donors (Lipinski definition) is 1. The monoisotopic (exact) mass is 444 g/mol. The van der Waals surface area contributed by atoms with Gasteiger partial charge in [0, 0.05) is 31.1 Å². The summed E-state index contributed by atoms with van der Waals surface area (Å²) in [4.78, 5) is 13.8. The van der Waals surface area contributed by atoms with Gasteiger partial charge in [0.2, 0.25) is 15.9 Å². The van der Waals surface area contributed by atoms with Crippen LogP contribution >= 0.6 is 0 Å². The summed E-state index contributed by atoms with van der Waals surface area (Å²) in [6, 6.07) is 11.6. The minimum Gasteiger partial charge on any atom is -0.490 e. The molecular formula is C23H28N2O5S. The molecule has 1 atom stereocenters. The first kappa shape index (κ1) is 21.6. The first-order valence-electron chi connectivity index (χ1n) is 10.7. The van der Waals surface area contributed by atoms with Gasteiger partial charge in [0.05, 0.1) is 18.1 Å². The molecule has 1 saturated heterocycles. The van der Waals surface area contributed by atoms with E-state index in [1.807, 2.05) is 32.0 Å². The molecule has 2 aliphatic rings. The lowest BCUT2D eigenvalue weighted by Crippen LogP contribution is -2.32. The molecule has 2 aromatic rings. The number of hydrogen-bond acceptors (Lipinski definition) is 5. The Bertz CT molecular complexity index is 1050. The molecule has 166 valence electrons. The second kappa shape index (κ2) is 8.88. The third-order valence-corrected chi connectivity index (χ3v) is 7.07. The standard InChI is InChI=1S/C23H28N2O5S/c1-16(2)23(17-6-11-20-21(15-17)30-14-4-13-29-20)24-31(27,28)19-9-7-18(8-10-19)25-12-3-5-22(25)26/h6-11,15-16,23-24H,3-5,12-14H2,1-2H3/t23-/m0/s1. The van der Waals surface area contributed by atoms with Crippen molar-refractivity contribution in [2.45, 2.75) is 44.0 Å². The minimum absolute atomic E-state index is 0.0148. The summed E-state index contributed by atoms with van der Waals surface area (Å²) in [6.07, 6.45) is 2.17. The number of amides is 1. The second-order valence-electron chi connectivity index (χ2n) is 8.24. The average molecular weight is 445 g/mol. The number of nitrogens with zero attached hydrogens (tertiary/aromatic N) is 1. The lowest BCUT2D eigenvalue weighted by Gasteiger charge is -2.24. The largest absolute Gasteiger partial charge is 0.490 e. The Labute approximate surface area is 183 Å². The Morgan fingerprint density at radius 1 is 0.968 bits per heavy atom. The number of sulfonamides is 1. The molecule has 1 N–H and O–H groups in total. The van der Waals surface area contributed by atoms with E-state index in [-0.39, 0.29) is 16.7 Å². The van der Waals surface area contributed by atoms with Gasteiger partial charge >= 0.3 is 0 Å². The highest BCUT2D eigenvalue weighted by atomic mass is 32.2. The van der Waals surface area contributed by atoms with Crippen LogP contribution in [0.2, 0.25) is 0 Å². The molecule has 7 nitrogen and oxygen atoms in total. The maximum atomic E-state index is 13.1. The Kier molecular flexibility index (Phi) is 6.20. The average Bonchev–Trinajstić information content (AvgIpc) is 3.04. The van der Waals surface area contributed by atoms with Gasteiger partial charge in [-0.15, -0.1) is 0 Å². The zero-order valence-electron chi connectivity index (χ0n) is 17.8. The summed E-state index contributed by atoms with van der Waals surface area (Å²) in [5, 5.41) is 0. The maximum absolute atomic E-state index is 13.1. The van der Waals surface area contributed by atoms with Gasteiger partial charge in [-0.05, 0) is 54.3 Å². The van der Waals surface area contributed by atoms with Crippen molar-refractivity contribution in [3.63, 3.8) is 0 Å². The van der Waals surface area contributed by atoms with Crippen LogP contribution in [0.1, 0.15) is 44.7 Å². The third kappa shape index (κ3) is 4.70. The number of nitrogens with one attached hydrogen (secondary N) is 1. The predicted molar refractivity (Wildman–Crippen MR) is 118 cm³/mol. The number of fused-ring (bicyclic) bond motifs is 1. The van der Waals surface area contributed by atoms with E-state index in [1.54, 1.807) is 29.2 Å². The fourth-order valence-electron chi connectivity index (χ4n) is 3.92. The summed E-state index contributed by atoms with van der Waals surface area (Å²) in [7, 11) is -3.76. The molecule has 8 heteroatoms. The Morgan fingerprint density at radius 3 is 2.32 bits per heavy atom. The van der Waals surface area contributed by atoms with Crippen LogP contribution in [0.15, 0.2) is 47.4 Å². The number of benzene rings is 2. The van der Waals surface area contributed by atoms with E-state index in [2.05, 4.69) is 4.72 Å². The quantitative estimate of drug-likeness (QED) is 0.735. The van der Waals surface area contributed by atoms with E-state index < -0.39 is 16.1 Å². The Hall–Kier alpha value is -2.58. The van der Waals surface area contributed by atoms with Crippen molar-refractivity contribution in [2.75, 3.05) is 24.7 Å². The third-order valence-electron chi connectivity index (χ3n) is 5.61. The van der Waals surface area contributed by atoms with Crippen LogP contribution in [0.4, 0.5) is 5.69 Å². The van der Waals surface area contributed by atoms with E-state index in [9.17, 15) is 13.2 Å². The topological polar surface area (TPSA) is 84.9 Å². The maximum Gasteiger partial charge on any atom is 0.241 e. The van der Waals surface area contributed by atoms with Gasteiger partial charge in [0.1, 0.15) is 0 Å². The van der Waals surface area contributed by atoms with E-state index in [1.165, 1.54) is 0 Å². The van der Waals surface area contributed by atoms with Gasteiger partial charge in [0.15, 0.2) is 11.5 Å². The fraction of sp³-hybridized carbons (Fsp3) is 0.435. The van der Waals surface area contributed by atoms with Crippen LogP contribution in [0.5, 0.6) is 11.5 Å². The molecule has 0 saturated carbocycles. The zero-order valence-corrected chi connectivity index (χ0v) is 18.7. The number of ether oxygens (including phenoxy) is 2. The highest BCUT2D eigenvalue weighted by molar-refractivity contribution is 7.89. The van der Waals surface area contributed by atoms with Gasteiger partial charge in [0.25, 0.3) is 0 Å². The molecule has 0 bridgehead atoms. The highest BCUT2D eigenvalue weighted by Crippen LogP contribution is 2.35. The van der Waals surface area contributed by atoms with Crippen LogP contribution in [0.25, 0.3) is 0 Å². The van der Waals surface area contributed by atoms with Crippen LogP contribution in [-0.4, -0.2) is 34.1 Å². The molecule has 1 fully saturated rings. The predicted octanol–water partition coefficient (Wildman–Crippen LogP) is 3.65. The van der Waals surface area contributed by atoms with Gasteiger partial charge in [-0.25, -0.2) is 13.1 Å². The van der Waals surface area contributed by atoms with E-state index in [0.29, 0.717) is 37.7 Å². The van der Waals surface area contributed by atoms with Crippen molar-refractivity contribution in [1.29, 1.82) is 0 Å². The molecule has 2 aromatic carbocycles. The zero-order chi connectivity index (χ0) is 22.0. The minimum atomic E-state index is -3.76. The van der Waals surface area contributed by atoms with Crippen LogP contribution < -0.4 is 19.1 Å². The Balaban J connectivity index is 1.56. The second-order valence-corrected chi connectivity index (χ2v) is 9.96. The van der Waals surface area contributed by atoms with Crippen molar-refractivity contribution in [3.8, 4) is 11.5 Å². The summed E-state index contributed by atoms with van der Waals surface area (Å²) in [5.74, 6) is 1.40. The van der Waals surface area contributed by atoms with Crippen molar-refractivity contribution in [3.05, 3.63) is 48.0 Å². The van der Waals surface area contributed by atoms with Crippen LogP contribution in [0.3, 0.4) is 0 Å². The first-order chi connectivity index (χ1) is 14.8. The van der Waals surface area contributed by atoms with Crippen LogP contribution in [-0.2, 0) is 14.8 Å². The van der Waals surface area contributed by atoms with Crippen molar-refractivity contribution >= 4 is 21.6 Å².